The van der Waals surface area contributed by atoms with Gasteiger partial charge in [0.2, 0.25) is 0 Å². The Kier molecular flexibility index (Phi) is 21.1. The molecule has 0 unspecified atom stereocenters. The number of unbranched alkanes of at least 4 members (excludes halogenated alkanes) is 15. The Morgan fingerprint density at radius 2 is 1.10 bits per heavy atom. The largest absolute Gasteiger partial charge is 0.405 e. The van der Waals surface area contributed by atoms with Gasteiger partial charge in [0.05, 0.1) is 19.8 Å². The third kappa shape index (κ3) is 20.0. The average Bonchev–Trinajstić information content (AvgIpc) is 2.97. The van der Waals surface area contributed by atoms with Gasteiger partial charge in [0.25, 0.3) is 5.81 Å². The quantitative estimate of drug-likeness (QED) is 0.0425. The van der Waals surface area contributed by atoms with Crippen LogP contribution in [0, 0.1) is 0 Å². The first kappa shape index (κ1) is 36.5. The van der Waals surface area contributed by atoms with Crippen LogP contribution in [0.25, 0.3) is 11.1 Å². The summed E-state index contributed by atoms with van der Waals surface area (Å²) >= 11 is 2.46. The molecule has 3 nitrogen and oxygen atoms in total. The van der Waals surface area contributed by atoms with Gasteiger partial charge in [-0.1, -0.05) is 180 Å². The van der Waals surface area contributed by atoms with E-state index < -0.39 is 5.81 Å². The Morgan fingerprint density at radius 1 is 0.610 bits per heavy atom. The van der Waals surface area contributed by atoms with Crippen LogP contribution in [0.4, 0.5) is 0 Å². The zero-order valence-corrected chi connectivity index (χ0v) is 29.7. The fourth-order valence-electron chi connectivity index (χ4n) is 5.04. The minimum Gasteiger partial charge on any atom is -0.405 e. The maximum Gasteiger partial charge on any atom is 0.252 e. The van der Waals surface area contributed by atoms with Crippen LogP contribution in [0.5, 0.6) is 0 Å². The molecule has 0 heterocycles. The second kappa shape index (κ2) is 23.7. The molecule has 232 valence electrons. The molecular weight excluding hydrogens is 635 g/mol. The van der Waals surface area contributed by atoms with E-state index in [9.17, 15) is 0 Å². The zero-order valence-electron chi connectivity index (χ0n) is 26.5. The highest BCUT2D eigenvalue weighted by molar-refractivity contribution is 14.1. The van der Waals surface area contributed by atoms with E-state index in [1.807, 2.05) is 0 Å². The molecule has 2 aromatic rings. The van der Waals surface area contributed by atoms with E-state index in [0.717, 1.165) is 13.0 Å². The van der Waals surface area contributed by atoms with E-state index in [1.165, 1.54) is 113 Å². The summed E-state index contributed by atoms with van der Waals surface area (Å²) in [6.07, 6.45) is 22.2. The van der Waals surface area contributed by atoms with Crippen molar-refractivity contribution in [1.29, 1.82) is 0 Å². The van der Waals surface area contributed by atoms with Gasteiger partial charge in [0.1, 0.15) is 6.10 Å². The van der Waals surface area contributed by atoms with Gasteiger partial charge in [-0.3, -0.25) is 0 Å². The molecule has 1 atom stereocenters. The molecule has 0 N–H and O–H groups in total. The molecule has 0 aromatic heterocycles. The van der Waals surface area contributed by atoms with Gasteiger partial charge in [0.15, 0.2) is 0 Å². The molecule has 0 aliphatic carbocycles. The van der Waals surface area contributed by atoms with E-state index in [1.54, 1.807) is 0 Å². The van der Waals surface area contributed by atoms with E-state index in [0.29, 0.717) is 19.8 Å². The number of ether oxygens (including phenoxy) is 2. The molecule has 2 rings (SSSR count). The normalized spacial score (nSPS) is 12.6. The van der Waals surface area contributed by atoms with Gasteiger partial charge < -0.3 is 13.9 Å². The van der Waals surface area contributed by atoms with Crippen LogP contribution < -0.4 is 0 Å². The summed E-state index contributed by atoms with van der Waals surface area (Å²) in [5, 5.41) is 0. The van der Waals surface area contributed by atoms with Crippen LogP contribution in [-0.2, 0) is 20.5 Å². The van der Waals surface area contributed by atoms with Gasteiger partial charge in [-0.25, -0.2) is 0 Å². The second-order valence-corrected chi connectivity index (χ2v) is 22.9. The monoisotopic (exact) mass is 694 g/mol. The molecule has 0 saturated heterocycles. The van der Waals surface area contributed by atoms with Gasteiger partial charge in [-0.05, 0) is 36.2 Å². The molecule has 0 bridgehead atoms. The summed E-state index contributed by atoms with van der Waals surface area (Å²) in [4.78, 5) is 0. The summed E-state index contributed by atoms with van der Waals surface area (Å²) in [7, 11) is 0. The van der Waals surface area contributed by atoms with Gasteiger partial charge in [0, 0.05) is 6.61 Å². The Bertz CT molecular complexity index is 853. The minimum atomic E-state index is -1.63. The molecule has 0 amide bonds. The number of rotatable bonds is 26. The summed E-state index contributed by atoms with van der Waals surface area (Å²) in [5.74, 6) is -1.63. The summed E-state index contributed by atoms with van der Waals surface area (Å²) in [6, 6.07) is 19.2. The van der Waals surface area contributed by atoms with Gasteiger partial charge in [-0.2, -0.15) is 0 Å². The van der Waals surface area contributed by atoms with E-state index in [-0.39, 0.29) is 6.10 Å². The molecule has 41 heavy (non-hydrogen) atoms. The molecule has 0 aliphatic rings. The highest BCUT2D eigenvalue weighted by Crippen LogP contribution is 2.20. The number of benzene rings is 2. The first-order chi connectivity index (χ1) is 20.0. The third-order valence-corrected chi connectivity index (χ3v) is 9.39. The standard InChI is InChI=1S/C36H59IO3Si/c1-4-5-6-7-8-9-10-11-12-13-14-15-16-17-18-22-29-38-31-36(32-40-41(2,3)37)39-30-33-25-27-35(28-26-33)34-23-20-19-21-24-34/h19-21,23-28,36H,4-18,22,29-32H2,1-3H3/t36-/m1/s1. The van der Waals surface area contributed by atoms with E-state index in [2.05, 4.69) is 96.4 Å². The van der Waals surface area contributed by atoms with E-state index >= 15 is 0 Å². The molecule has 0 aliphatic heterocycles. The van der Waals surface area contributed by atoms with Crippen LogP contribution in [-0.4, -0.2) is 31.7 Å². The average molecular weight is 695 g/mol. The first-order valence-electron chi connectivity index (χ1n) is 16.6. The Hall–Kier alpha value is -0.733. The predicted octanol–water partition coefficient (Wildman–Crippen LogP) is 11.7. The smallest absolute Gasteiger partial charge is 0.252 e. The summed E-state index contributed by atoms with van der Waals surface area (Å²) in [6.45, 7) is 9.31. The van der Waals surface area contributed by atoms with Crippen LogP contribution in [0.3, 0.4) is 0 Å². The van der Waals surface area contributed by atoms with E-state index in [4.69, 9.17) is 13.9 Å². The molecule has 5 heteroatoms. The number of halogens is 1. The zero-order chi connectivity index (χ0) is 29.4. The second-order valence-electron chi connectivity index (χ2n) is 12.0. The van der Waals surface area contributed by atoms with Crippen molar-refractivity contribution in [2.45, 2.75) is 135 Å². The van der Waals surface area contributed by atoms with Crippen molar-refractivity contribution in [3.05, 3.63) is 60.2 Å². The molecule has 0 fully saturated rings. The Balaban J connectivity index is 1.51. The van der Waals surface area contributed by atoms with Crippen molar-refractivity contribution in [2.24, 2.45) is 0 Å². The Labute approximate surface area is 266 Å². The molecule has 0 spiro atoms. The summed E-state index contributed by atoms with van der Waals surface area (Å²) < 4.78 is 18.5. The third-order valence-electron chi connectivity index (χ3n) is 7.61. The summed E-state index contributed by atoms with van der Waals surface area (Å²) in [5.41, 5.74) is 3.65. The van der Waals surface area contributed by atoms with Crippen LogP contribution in [0.2, 0.25) is 13.1 Å². The van der Waals surface area contributed by atoms with Crippen LogP contribution >= 0.6 is 21.8 Å². The highest BCUT2D eigenvalue weighted by atomic mass is 127. The Morgan fingerprint density at radius 3 is 1.61 bits per heavy atom. The van der Waals surface area contributed by atoms with Gasteiger partial charge >= 0.3 is 0 Å². The van der Waals surface area contributed by atoms with Crippen molar-refractivity contribution in [3.63, 3.8) is 0 Å². The van der Waals surface area contributed by atoms with Crippen LogP contribution in [0.15, 0.2) is 54.6 Å². The SMILES string of the molecule is CCCCCCCCCCCCCCCCCCOC[C@H](CO[Si](C)(C)I)OCc1ccc(-c2ccccc2)cc1. The lowest BCUT2D eigenvalue weighted by molar-refractivity contribution is -0.0460. The van der Waals surface area contributed by atoms with Crippen molar-refractivity contribution < 1.29 is 13.9 Å². The van der Waals surface area contributed by atoms with Crippen molar-refractivity contribution in [3.8, 4) is 11.1 Å². The fourth-order valence-corrected chi connectivity index (χ4v) is 6.16. The van der Waals surface area contributed by atoms with Crippen LogP contribution in [0.1, 0.15) is 115 Å². The number of hydrogen-bond donors (Lipinski definition) is 0. The maximum absolute atomic E-state index is 6.27. The molecule has 0 radical (unpaired) electrons. The lowest BCUT2D eigenvalue weighted by Gasteiger charge is -2.22. The lowest BCUT2D eigenvalue weighted by atomic mass is 10.0. The molecular formula is C36H59IO3Si. The first-order valence-corrected chi connectivity index (χ1v) is 22.7. The van der Waals surface area contributed by atoms with Crippen molar-refractivity contribution >= 4 is 27.6 Å². The minimum absolute atomic E-state index is 0.0357. The predicted molar refractivity (Wildman–Crippen MR) is 188 cm³/mol. The maximum atomic E-state index is 6.27. The topological polar surface area (TPSA) is 27.7 Å². The molecule has 2 aromatic carbocycles. The van der Waals surface area contributed by atoms with Gasteiger partial charge in [-0.15, -0.1) is 0 Å². The number of hydrogen-bond acceptors (Lipinski definition) is 3. The highest BCUT2D eigenvalue weighted by Gasteiger charge is 2.20. The van der Waals surface area contributed by atoms with Crippen molar-refractivity contribution in [2.75, 3.05) is 19.8 Å². The fraction of sp³-hybridized carbons (Fsp3) is 0.667. The molecule has 0 saturated carbocycles. The lowest BCUT2D eigenvalue weighted by Crippen LogP contribution is -2.32. The van der Waals surface area contributed by atoms with Crippen molar-refractivity contribution in [1.82, 2.24) is 0 Å².